The number of ether oxygens (including phenoxy) is 2. The molecule has 3 heterocycles. The van der Waals surface area contributed by atoms with Gasteiger partial charge in [0.1, 0.15) is 11.9 Å². The van der Waals surface area contributed by atoms with Crippen LogP contribution in [0.2, 0.25) is 0 Å². The van der Waals surface area contributed by atoms with Crippen LogP contribution in [0.15, 0.2) is 30.5 Å². The van der Waals surface area contributed by atoms with Gasteiger partial charge in [-0.2, -0.15) is 18.0 Å². The molecule has 0 saturated carbocycles. The van der Waals surface area contributed by atoms with Gasteiger partial charge in [-0.05, 0) is 23.4 Å². The number of likely N-dealkylation sites (tertiary alicyclic amines) is 1. The Morgan fingerprint density at radius 2 is 1.88 bits per heavy atom. The molecule has 2 saturated heterocycles. The molecule has 2 aliphatic rings. The molecular weight excluding hydrogens is 457 g/mol. The average molecular weight is 482 g/mol. The highest BCUT2D eigenvalue weighted by molar-refractivity contribution is 5.94. The van der Waals surface area contributed by atoms with Crippen LogP contribution >= 0.6 is 0 Å². The minimum atomic E-state index is -4.43. The predicted octanol–water partition coefficient (Wildman–Crippen LogP) is 1.06. The molecule has 2 amide bonds. The van der Waals surface area contributed by atoms with Crippen LogP contribution in [-0.4, -0.2) is 83.9 Å². The van der Waals surface area contributed by atoms with Gasteiger partial charge in [0.2, 0.25) is 5.91 Å². The molecule has 1 aromatic carbocycles. The van der Waals surface area contributed by atoms with Crippen LogP contribution in [0, 0.1) is 0 Å². The third kappa shape index (κ3) is 5.95. The first kappa shape index (κ1) is 23.8. The Hall–Kier alpha value is -3.35. The normalized spacial score (nSPS) is 17.5. The number of morpholine rings is 1. The van der Waals surface area contributed by atoms with E-state index in [1.54, 1.807) is 4.90 Å². The first-order chi connectivity index (χ1) is 16.3. The number of piperidine rings is 1. The smallest absolute Gasteiger partial charge is 0.416 e. The van der Waals surface area contributed by atoms with Crippen LogP contribution in [0.25, 0.3) is 0 Å². The number of nitrogens with one attached hydrogen (secondary N) is 1. The molecule has 2 aromatic rings. The van der Waals surface area contributed by atoms with E-state index in [2.05, 4.69) is 15.6 Å². The third-order valence-electron chi connectivity index (χ3n) is 5.65. The number of hydrogen-bond acceptors (Lipinski definition) is 7. The van der Waals surface area contributed by atoms with Crippen LogP contribution in [0.5, 0.6) is 5.75 Å². The Morgan fingerprint density at radius 3 is 2.59 bits per heavy atom. The molecule has 34 heavy (non-hydrogen) atoms. The molecule has 13 heteroatoms. The lowest BCUT2D eigenvalue weighted by Gasteiger charge is -2.32. The van der Waals surface area contributed by atoms with E-state index in [9.17, 15) is 22.8 Å². The van der Waals surface area contributed by atoms with Gasteiger partial charge in [0.25, 0.3) is 5.91 Å². The van der Waals surface area contributed by atoms with Crippen LogP contribution in [0.3, 0.4) is 0 Å². The van der Waals surface area contributed by atoms with Crippen molar-refractivity contribution in [2.75, 3.05) is 50.9 Å². The summed E-state index contributed by atoms with van der Waals surface area (Å²) in [6, 6.07) is 4.75. The highest BCUT2D eigenvalue weighted by Gasteiger charge is 2.31. The van der Waals surface area contributed by atoms with Gasteiger partial charge in [-0.1, -0.05) is 6.07 Å². The zero-order valence-electron chi connectivity index (χ0n) is 18.3. The molecule has 0 radical (unpaired) electrons. The highest BCUT2D eigenvalue weighted by Crippen LogP contribution is 2.32. The first-order valence-electron chi connectivity index (χ1n) is 10.9. The zero-order valence-corrected chi connectivity index (χ0v) is 18.3. The van der Waals surface area contributed by atoms with Gasteiger partial charge in [0.05, 0.1) is 44.6 Å². The lowest BCUT2D eigenvalue weighted by Crippen LogP contribution is -2.46. The highest BCUT2D eigenvalue weighted by atomic mass is 19.4. The molecule has 0 bridgehead atoms. The molecule has 184 valence electrons. The molecule has 0 atom stereocenters. The van der Waals surface area contributed by atoms with Crippen molar-refractivity contribution in [3.05, 3.63) is 41.7 Å². The molecule has 1 aromatic heterocycles. The first-order valence-corrected chi connectivity index (χ1v) is 10.9. The van der Waals surface area contributed by atoms with Gasteiger partial charge in [0, 0.05) is 25.9 Å². The number of hydrogen-bond donors (Lipinski definition) is 1. The fourth-order valence-corrected chi connectivity index (χ4v) is 3.78. The summed E-state index contributed by atoms with van der Waals surface area (Å²) in [4.78, 5) is 27.9. The second kappa shape index (κ2) is 10.3. The summed E-state index contributed by atoms with van der Waals surface area (Å²) in [5.74, 6) is -0.612. The average Bonchev–Trinajstić information content (AvgIpc) is 3.34. The van der Waals surface area contributed by atoms with Crippen LogP contribution in [0.1, 0.15) is 28.9 Å². The molecule has 10 nitrogen and oxygen atoms in total. The van der Waals surface area contributed by atoms with Crippen molar-refractivity contribution in [3.8, 4) is 5.75 Å². The largest absolute Gasteiger partial charge is 0.490 e. The van der Waals surface area contributed by atoms with E-state index in [1.165, 1.54) is 23.1 Å². The molecular formula is C21H25F3N6O4. The summed E-state index contributed by atoms with van der Waals surface area (Å²) in [6.07, 6.45) is -2.27. The summed E-state index contributed by atoms with van der Waals surface area (Å²) in [5, 5.41) is 12.3. The van der Waals surface area contributed by atoms with E-state index in [-0.39, 0.29) is 30.0 Å². The number of amides is 2. The molecule has 4 rings (SSSR count). The summed E-state index contributed by atoms with van der Waals surface area (Å²) in [6.45, 7) is 2.97. The molecule has 2 aliphatic heterocycles. The summed E-state index contributed by atoms with van der Waals surface area (Å²) < 4.78 is 49.6. The monoisotopic (exact) mass is 482 g/mol. The fourth-order valence-electron chi connectivity index (χ4n) is 3.78. The molecule has 2 fully saturated rings. The van der Waals surface area contributed by atoms with Crippen molar-refractivity contribution in [1.82, 2.24) is 25.3 Å². The third-order valence-corrected chi connectivity index (χ3v) is 5.65. The molecule has 0 unspecified atom stereocenters. The molecule has 0 aliphatic carbocycles. The van der Waals surface area contributed by atoms with Gasteiger partial charge in [0.15, 0.2) is 5.69 Å². The van der Waals surface area contributed by atoms with Crippen LogP contribution in [-0.2, 0) is 15.7 Å². The fraction of sp³-hybridized carbons (Fsp3) is 0.524. The second-order valence-electron chi connectivity index (χ2n) is 8.00. The van der Waals surface area contributed by atoms with E-state index < -0.39 is 17.6 Å². The number of halogens is 3. The summed E-state index contributed by atoms with van der Waals surface area (Å²) >= 11 is 0. The Bertz CT molecular complexity index is 1000. The van der Waals surface area contributed by atoms with Crippen molar-refractivity contribution < 1.29 is 32.2 Å². The predicted molar refractivity (Wildman–Crippen MR) is 113 cm³/mol. The minimum absolute atomic E-state index is 0.104. The van der Waals surface area contributed by atoms with Crippen LogP contribution < -0.4 is 15.1 Å². The Kier molecular flexibility index (Phi) is 7.20. The Labute approximate surface area is 193 Å². The SMILES string of the molecule is O=C(NCC(=O)N1CCC(Oc2cccc(C(F)(F)F)c2)CC1)c1cn(N2CCOCC2)nn1. The maximum Gasteiger partial charge on any atom is 0.416 e. The van der Waals surface area contributed by atoms with Gasteiger partial charge in [-0.3, -0.25) is 14.6 Å². The maximum atomic E-state index is 12.9. The summed E-state index contributed by atoms with van der Waals surface area (Å²) in [5.41, 5.74) is -0.661. The van der Waals surface area contributed by atoms with E-state index >= 15 is 0 Å². The van der Waals surface area contributed by atoms with Crippen molar-refractivity contribution in [2.45, 2.75) is 25.1 Å². The Morgan fingerprint density at radius 1 is 1.15 bits per heavy atom. The molecule has 1 N–H and O–H groups in total. The second-order valence-corrected chi connectivity index (χ2v) is 8.00. The van der Waals surface area contributed by atoms with Gasteiger partial charge < -0.3 is 19.7 Å². The number of carbonyl (C=O) groups is 2. The maximum absolute atomic E-state index is 12.9. The van der Waals surface area contributed by atoms with Gasteiger partial charge in [-0.15, -0.1) is 5.10 Å². The van der Waals surface area contributed by atoms with Crippen molar-refractivity contribution in [3.63, 3.8) is 0 Å². The number of aromatic nitrogens is 3. The number of alkyl halides is 3. The van der Waals surface area contributed by atoms with E-state index in [0.29, 0.717) is 52.2 Å². The van der Waals surface area contributed by atoms with Crippen molar-refractivity contribution >= 4 is 11.8 Å². The van der Waals surface area contributed by atoms with E-state index in [0.717, 1.165) is 12.1 Å². The number of rotatable bonds is 6. The number of nitrogens with zero attached hydrogens (tertiary/aromatic N) is 5. The Balaban J connectivity index is 1.21. The van der Waals surface area contributed by atoms with Gasteiger partial charge >= 0.3 is 6.18 Å². The van der Waals surface area contributed by atoms with Crippen LogP contribution in [0.4, 0.5) is 13.2 Å². The number of benzene rings is 1. The van der Waals surface area contributed by atoms with Crippen molar-refractivity contribution in [2.24, 2.45) is 0 Å². The summed E-state index contributed by atoms with van der Waals surface area (Å²) in [7, 11) is 0. The number of carbonyl (C=O) groups excluding carboxylic acids is 2. The van der Waals surface area contributed by atoms with E-state index in [4.69, 9.17) is 9.47 Å². The lowest BCUT2D eigenvalue weighted by molar-refractivity contribution is -0.138. The van der Waals surface area contributed by atoms with Gasteiger partial charge in [-0.25, -0.2) is 0 Å². The lowest BCUT2D eigenvalue weighted by atomic mass is 10.1. The quantitative estimate of drug-likeness (QED) is 0.657. The standard InChI is InChI=1S/C21H25F3N6O4/c22-21(23,24)15-2-1-3-17(12-15)34-16-4-6-28(7-5-16)19(31)13-25-20(32)18-14-30(27-26-18)29-8-10-33-11-9-29/h1-3,12,14,16H,4-11,13H2,(H,25,32). The topological polar surface area (TPSA) is 102 Å². The van der Waals surface area contributed by atoms with E-state index in [1.807, 2.05) is 5.01 Å². The zero-order chi connectivity index (χ0) is 24.1. The van der Waals surface area contributed by atoms with Crippen molar-refractivity contribution in [1.29, 1.82) is 0 Å². The minimum Gasteiger partial charge on any atom is -0.490 e. The molecule has 0 spiro atoms.